The zero-order chi connectivity index (χ0) is 24.0. The largest absolute Gasteiger partial charge is 0.352 e. The Morgan fingerprint density at radius 2 is 1.70 bits per heavy atom. The van der Waals surface area contributed by atoms with Crippen molar-refractivity contribution in [3.05, 3.63) is 71.0 Å². The fraction of sp³-hybridized carbons (Fsp3) is 0.423. The maximum atomic E-state index is 13.2. The predicted octanol–water partition coefficient (Wildman–Crippen LogP) is 3.70. The average Bonchev–Trinajstić information content (AvgIpc) is 2.82. The molecule has 2 aromatic carbocycles. The third-order valence-electron chi connectivity index (χ3n) is 6.24. The van der Waals surface area contributed by atoms with Gasteiger partial charge < -0.3 is 15.5 Å². The van der Waals surface area contributed by atoms with Gasteiger partial charge in [0.2, 0.25) is 5.91 Å². The van der Waals surface area contributed by atoms with Crippen LogP contribution in [-0.2, 0) is 4.79 Å². The van der Waals surface area contributed by atoms with Crippen LogP contribution in [0.2, 0.25) is 0 Å². The quantitative estimate of drug-likeness (QED) is 0.671. The van der Waals surface area contributed by atoms with Crippen LogP contribution in [0, 0.1) is 18.7 Å². The Bertz CT molecular complexity index is 985. The van der Waals surface area contributed by atoms with Crippen molar-refractivity contribution in [1.82, 2.24) is 15.5 Å². The average molecular weight is 454 g/mol. The molecule has 0 radical (unpaired) electrons. The molecule has 0 spiro atoms. The lowest BCUT2D eigenvalue weighted by Gasteiger charge is -2.36. The topological polar surface area (TPSA) is 78.5 Å². The summed E-state index contributed by atoms with van der Waals surface area (Å²) in [5.74, 6) is -1.21. The number of hydrogen-bond donors (Lipinski definition) is 2. The first-order chi connectivity index (χ1) is 15.8. The number of nitrogens with zero attached hydrogens (tertiary/aromatic N) is 1. The van der Waals surface area contributed by atoms with Crippen LogP contribution in [0.5, 0.6) is 0 Å². The molecule has 3 amide bonds. The van der Waals surface area contributed by atoms with E-state index in [2.05, 4.69) is 10.6 Å². The van der Waals surface area contributed by atoms with Crippen molar-refractivity contribution in [2.45, 2.75) is 52.1 Å². The van der Waals surface area contributed by atoms with Gasteiger partial charge in [0.05, 0.1) is 0 Å². The lowest BCUT2D eigenvalue weighted by Crippen LogP contribution is -2.55. The minimum absolute atomic E-state index is 0.0203. The van der Waals surface area contributed by atoms with Gasteiger partial charge in [-0.25, -0.2) is 4.39 Å². The van der Waals surface area contributed by atoms with Gasteiger partial charge in [0, 0.05) is 30.3 Å². The molecule has 6 nitrogen and oxygen atoms in total. The third kappa shape index (κ3) is 6.40. The smallest absolute Gasteiger partial charge is 0.253 e. The molecule has 0 aliphatic carbocycles. The van der Waals surface area contributed by atoms with Crippen LogP contribution in [0.25, 0.3) is 0 Å². The first-order valence-corrected chi connectivity index (χ1v) is 11.5. The van der Waals surface area contributed by atoms with Gasteiger partial charge in [0.1, 0.15) is 11.9 Å². The molecule has 7 heteroatoms. The van der Waals surface area contributed by atoms with E-state index in [4.69, 9.17) is 0 Å². The highest BCUT2D eigenvalue weighted by Gasteiger charge is 2.34. The number of halogens is 1. The first-order valence-electron chi connectivity index (χ1n) is 11.5. The second kappa shape index (κ2) is 11.1. The number of nitrogens with one attached hydrogen (secondary N) is 2. The van der Waals surface area contributed by atoms with E-state index in [0.717, 1.165) is 12.0 Å². The number of hydrogen-bond acceptors (Lipinski definition) is 3. The molecule has 0 unspecified atom stereocenters. The predicted molar refractivity (Wildman–Crippen MR) is 125 cm³/mol. The monoisotopic (exact) mass is 453 g/mol. The van der Waals surface area contributed by atoms with E-state index in [9.17, 15) is 18.8 Å². The summed E-state index contributed by atoms with van der Waals surface area (Å²) in [6, 6.07) is 12.0. The summed E-state index contributed by atoms with van der Waals surface area (Å²) in [7, 11) is 0. The first kappa shape index (κ1) is 24.4. The Kier molecular flexibility index (Phi) is 8.20. The van der Waals surface area contributed by atoms with Crippen LogP contribution in [0.15, 0.2) is 48.5 Å². The molecule has 0 saturated carbocycles. The van der Waals surface area contributed by atoms with Gasteiger partial charge in [-0.3, -0.25) is 14.4 Å². The van der Waals surface area contributed by atoms with Crippen molar-refractivity contribution in [2.24, 2.45) is 5.92 Å². The lowest BCUT2D eigenvalue weighted by molar-refractivity contribution is -0.125. The van der Waals surface area contributed by atoms with Crippen molar-refractivity contribution in [1.29, 1.82) is 0 Å². The lowest BCUT2D eigenvalue weighted by atomic mass is 9.88. The summed E-state index contributed by atoms with van der Waals surface area (Å²) < 4.78 is 13.2. The zero-order valence-corrected chi connectivity index (χ0v) is 19.4. The van der Waals surface area contributed by atoms with E-state index in [1.54, 1.807) is 4.90 Å². The Morgan fingerprint density at radius 1 is 1.03 bits per heavy atom. The van der Waals surface area contributed by atoms with E-state index in [0.29, 0.717) is 37.1 Å². The maximum Gasteiger partial charge on any atom is 0.253 e. The van der Waals surface area contributed by atoms with Gasteiger partial charge in [-0.1, -0.05) is 24.6 Å². The zero-order valence-electron chi connectivity index (χ0n) is 19.4. The summed E-state index contributed by atoms with van der Waals surface area (Å²) in [4.78, 5) is 40.5. The third-order valence-corrected chi connectivity index (χ3v) is 6.24. The molecule has 2 aromatic rings. The van der Waals surface area contributed by atoms with Crippen LogP contribution < -0.4 is 10.6 Å². The van der Waals surface area contributed by atoms with Crippen molar-refractivity contribution in [2.75, 3.05) is 13.1 Å². The second-order valence-corrected chi connectivity index (χ2v) is 8.78. The molecule has 1 fully saturated rings. The molecule has 1 saturated heterocycles. The minimum Gasteiger partial charge on any atom is -0.352 e. The Balaban J connectivity index is 1.70. The molecule has 2 N–H and O–H groups in total. The number of piperidine rings is 1. The molecule has 0 aromatic heterocycles. The minimum atomic E-state index is -0.729. The van der Waals surface area contributed by atoms with Crippen molar-refractivity contribution in [3.8, 4) is 0 Å². The van der Waals surface area contributed by atoms with Crippen LogP contribution in [0.4, 0.5) is 4.39 Å². The number of benzene rings is 2. The Hall–Kier alpha value is -3.22. The fourth-order valence-electron chi connectivity index (χ4n) is 4.05. The molecule has 3 rings (SSSR count). The molecule has 176 valence electrons. The molecule has 2 atom stereocenters. The normalized spacial score (nSPS) is 16.1. The van der Waals surface area contributed by atoms with Gasteiger partial charge in [0.15, 0.2) is 0 Å². The highest BCUT2D eigenvalue weighted by Crippen LogP contribution is 2.23. The van der Waals surface area contributed by atoms with Gasteiger partial charge in [-0.2, -0.15) is 0 Å². The molecule has 0 bridgehead atoms. The van der Waals surface area contributed by atoms with Crippen molar-refractivity contribution < 1.29 is 18.8 Å². The van der Waals surface area contributed by atoms with Crippen molar-refractivity contribution >= 4 is 17.7 Å². The summed E-state index contributed by atoms with van der Waals surface area (Å²) in [6.07, 6.45) is 1.97. The number of rotatable bonds is 7. The number of likely N-dealkylation sites (tertiary alicyclic amines) is 1. The molecule has 1 aliphatic rings. The summed E-state index contributed by atoms with van der Waals surface area (Å²) in [5, 5.41) is 5.82. The van der Waals surface area contributed by atoms with Gasteiger partial charge in [-0.15, -0.1) is 0 Å². The molecular weight excluding hydrogens is 421 g/mol. The van der Waals surface area contributed by atoms with Crippen LogP contribution in [0.3, 0.4) is 0 Å². The van der Waals surface area contributed by atoms with E-state index >= 15 is 0 Å². The molecular formula is C26H32FN3O3. The van der Waals surface area contributed by atoms with Gasteiger partial charge >= 0.3 is 0 Å². The summed E-state index contributed by atoms with van der Waals surface area (Å²) in [5.41, 5.74) is 1.98. The standard InChI is InChI=1S/C26H32FN3O3/c1-4-18(3)28-25(32)23(29-24(31)20-8-10-22(27)11-9-20)19-12-14-30(15-13-19)26(33)21-7-5-6-17(2)16-21/h5-11,16,18-19,23H,4,12-15H2,1-3H3,(H,28,32)(H,29,31)/t18-,23+/m0/s1. The molecule has 1 aliphatic heterocycles. The number of amides is 3. The number of carbonyl (C=O) groups excluding carboxylic acids is 3. The second-order valence-electron chi connectivity index (χ2n) is 8.78. The Labute approximate surface area is 194 Å². The van der Waals surface area contributed by atoms with E-state index in [1.165, 1.54) is 24.3 Å². The fourth-order valence-corrected chi connectivity index (χ4v) is 4.05. The Morgan fingerprint density at radius 3 is 2.30 bits per heavy atom. The van der Waals surface area contributed by atoms with E-state index in [-0.39, 0.29) is 23.8 Å². The highest BCUT2D eigenvalue weighted by molar-refractivity contribution is 5.97. The van der Waals surface area contributed by atoms with E-state index < -0.39 is 17.8 Å². The van der Waals surface area contributed by atoms with Crippen LogP contribution >= 0.6 is 0 Å². The molecule has 1 heterocycles. The number of aryl methyl sites for hydroxylation is 1. The van der Waals surface area contributed by atoms with Crippen molar-refractivity contribution in [3.63, 3.8) is 0 Å². The highest BCUT2D eigenvalue weighted by atomic mass is 19.1. The number of carbonyl (C=O) groups is 3. The van der Waals surface area contributed by atoms with Crippen LogP contribution in [0.1, 0.15) is 59.4 Å². The van der Waals surface area contributed by atoms with Crippen LogP contribution in [-0.4, -0.2) is 47.8 Å². The molecule has 33 heavy (non-hydrogen) atoms. The van der Waals surface area contributed by atoms with E-state index in [1.807, 2.05) is 45.0 Å². The SMILES string of the molecule is CC[C@H](C)NC(=O)[C@H](NC(=O)c1ccc(F)cc1)C1CCN(C(=O)c2cccc(C)c2)CC1. The van der Waals surface area contributed by atoms with Gasteiger partial charge in [-0.05, 0) is 75.4 Å². The summed E-state index contributed by atoms with van der Waals surface area (Å²) in [6.45, 7) is 6.87. The summed E-state index contributed by atoms with van der Waals surface area (Å²) >= 11 is 0. The van der Waals surface area contributed by atoms with Gasteiger partial charge in [0.25, 0.3) is 11.8 Å². The maximum absolute atomic E-state index is 13.2.